The molecule has 0 N–H and O–H groups in total. The van der Waals surface area contributed by atoms with Crippen LogP contribution in [0.5, 0.6) is 0 Å². The molecule has 6 aliphatic carbocycles. The van der Waals surface area contributed by atoms with Gasteiger partial charge in [-0.1, -0.05) is 150 Å². The highest BCUT2D eigenvalue weighted by Gasteiger charge is 2.77. The first kappa shape index (κ1) is 41.4. The molecule has 4 bridgehead atoms. The van der Waals surface area contributed by atoms with E-state index in [1.54, 1.807) is 0 Å². The number of hydrogen-bond donors (Lipinski definition) is 0. The van der Waals surface area contributed by atoms with Crippen molar-refractivity contribution < 1.29 is 18.9 Å². The third-order valence-electron chi connectivity index (χ3n) is 14.8. The summed E-state index contributed by atoms with van der Waals surface area (Å²) < 4.78 is 32.7. The smallest absolute Gasteiger partial charge is 0.156 e. The first-order chi connectivity index (χ1) is 31.5. The van der Waals surface area contributed by atoms with Gasteiger partial charge in [0.15, 0.2) is 22.4 Å². The number of ether oxygens (including phenoxy) is 4. The molecule has 6 aliphatic rings. The maximum Gasteiger partial charge on any atom is 0.156 e. The Bertz CT molecular complexity index is 2470. The van der Waals surface area contributed by atoms with Crippen molar-refractivity contribution in [1.29, 1.82) is 0 Å². The molecule has 0 aromatic heterocycles. The molecule has 0 amide bonds. The van der Waals surface area contributed by atoms with E-state index in [4.69, 9.17) is 18.9 Å². The van der Waals surface area contributed by atoms with Crippen LogP contribution in [-0.2, 0) is 41.4 Å². The van der Waals surface area contributed by atoms with E-state index in [1.165, 1.54) is 0 Å². The molecule has 0 saturated heterocycles. The predicted octanol–water partition coefficient (Wildman–Crippen LogP) is 14.9. The number of benzene rings is 8. The molecule has 0 unspecified atom stereocenters. The minimum Gasteiger partial charge on any atom is -0.362 e. The van der Waals surface area contributed by atoms with Gasteiger partial charge in [-0.2, -0.15) is 0 Å². The summed E-state index contributed by atoms with van der Waals surface area (Å²) in [5.41, 5.74) is 4.04. The van der Waals surface area contributed by atoms with Crippen LogP contribution in [0.15, 0.2) is 146 Å². The van der Waals surface area contributed by atoms with Gasteiger partial charge in [0.2, 0.25) is 0 Å². The lowest BCUT2D eigenvalue weighted by Crippen LogP contribution is -2.70. The molecule has 8 aromatic carbocycles. The number of fused-ring (bicyclic) bond motifs is 4. The van der Waals surface area contributed by atoms with Gasteiger partial charge in [-0.3, -0.25) is 0 Å². The molecular weight excluding hydrogens is 785 g/mol. The highest BCUT2D eigenvalue weighted by molar-refractivity contribution is 5.94. The Labute approximate surface area is 378 Å². The Kier molecular flexibility index (Phi) is 10.5. The van der Waals surface area contributed by atoms with Gasteiger partial charge in [0.1, 0.15) is 0 Å². The van der Waals surface area contributed by atoms with Gasteiger partial charge in [-0.15, -0.1) is 0 Å². The molecule has 14 rings (SSSR count). The van der Waals surface area contributed by atoms with E-state index in [9.17, 15) is 0 Å². The third-order valence-corrected chi connectivity index (χ3v) is 14.8. The van der Waals surface area contributed by atoms with Crippen molar-refractivity contribution in [2.45, 2.75) is 101 Å². The second kappa shape index (κ2) is 16.3. The molecule has 0 fully saturated rings. The van der Waals surface area contributed by atoms with Crippen LogP contribution in [0.1, 0.15) is 124 Å². The van der Waals surface area contributed by atoms with Crippen LogP contribution in [0.3, 0.4) is 0 Å². The van der Waals surface area contributed by atoms with Crippen LogP contribution < -0.4 is 0 Å². The van der Waals surface area contributed by atoms with Crippen molar-refractivity contribution in [3.05, 3.63) is 190 Å². The van der Waals surface area contributed by atoms with Gasteiger partial charge in [0.05, 0.1) is 0 Å². The average Bonchev–Trinajstić information content (AvgIpc) is 3.33. The highest BCUT2D eigenvalue weighted by Crippen LogP contribution is 2.74. The topological polar surface area (TPSA) is 36.9 Å². The molecule has 4 nitrogen and oxygen atoms in total. The lowest BCUT2D eigenvalue weighted by Gasteiger charge is -2.67. The van der Waals surface area contributed by atoms with Gasteiger partial charge in [-0.25, -0.2) is 0 Å². The van der Waals surface area contributed by atoms with Gasteiger partial charge in [0.25, 0.3) is 0 Å². The summed E-state index contributed by atoms with van der Waals surface area (Å²) in [6, 6.07) is 54.9. The van der Waals surface area contributed by atoms with Crippen molar-refractivity contribution in [3.63, 3.8) is 0 Å². The maximum atomic E-state index is 8.17. The normalized spacial score (nSPS) is 22.7. The monoisotopic (exact) mass is 844 g/mol. The van der Waals surface area contributed by atoms with Gasteiger partial charge >= 0.3 is 0 Å². The van der Waals surface area contributed by atoms with E-state index >= 15 is 0 Å². The largest absolute Gasteiger partial charge is 0.362 e. The highest BCUT2D eigenvalue weighted by atomic mass is 16.6. The molecule has 0 radical (unpaired) electrons. The average molecular weight is 845 g/mol. The Morgan fingerprint density at radius 3 is 0.562 bits per heavy atom. The molecule has 324 valence electrons. The Hall–Kier alpha value is -5.36. The van der Waals surface area contributed by atoms with Crippen LogP contribution in [0.2, 0.25) is 0 Å². The third kappa shape index (κ3) is 5.62. The quantitative estimate of drug-likeness (QED) is 0.0908. The molecule has 0 atom stereocenters. The van der Waals surface area contributed by atoms with E-state index in [0.29, 0.717) is 26.4 Å². The van der Waals surface area contributed by atoms with E-state index in [1.807, 2.05) is 0 Å². The number of hydrogen-bond acceptors (Lipinski definition) is 4. The fraction of sp³-hybridized carbons (Fsp3) is 0.333. The minimum absolute atomic E-state index is 0.543. The first-order valence-corrected chi connectivity index (χ1v) is 24.2. The van der Waals surface area contributed by atoms with E-state index in [-0.39, 0.29) is 0 Å². The zero-order chi connectivity index (χ0) is 43.5. The summed E-state index contributed by atoms with van der Waals surface area (Å²) in [5.74, 6) is 0. The molecular formula is C60H60O4. The van der Waals surface area contributed by atoms with E-state index < -0.39 is 22.4 Å². The molecule has 0 heterocycles. The second-order valence-electron chi connectivity index (χ2n) is 18.5. The van der Waals surface area contributed by atoms with Crippen LogP contribution in [-0.4, -0.2) is 26.4 Å². The van der Waals surface area contributed by atoms with Crippen molar-refractivity contribution >= 4 is 43.1 Å². The summed E-state index contributed by atoms with van der Waals surface area (Å²) >= 11 is 0. The van der Waals surface area contributed by atoms with Crippen molar-refractivity contribution in [2.75, 3.05) is 26.4 Å². The summed E-state index contributed by atoms with van der Waals surface area (Å²) in [5, 5.41) is 9.30. The Morgan fingerprint density at radius 2 is 0.422 bits per heavy atom. The first-order valence-electron chi connectivity index (χ1n) is 24.2. The van der Waals surface area contributed by atoms with E-state index in [2.05, 4.69) is 173 Å². The Morgan fingerprint density at radius 1 is 0.266 bits per heavy atom. The summed E-state index contributed by atoms with van der Waals surface area (Å²) in [6.07, 6.45) is 7.58. The zero-order valence-electron chi connectivity index (χ0n) is 38.0. The van der Waals surface area contributed by atoms with Crippen molar-refractivity contribution in [2.24, 2.45) is 0 Å². The fourth-order valence-electron chi connectivity index (χ4n) is 11.9. The summed E-state index contributed by atoms with van der Waals surface area (Å²) in [6.45, 7) is 11.2. The summed E-state index contributed by atoms with van der Waals surface area (Å²) in [7, 11) is 0. The SMILES string of the molecule is CCCCOC12c3cc4ccccc4cc3C(OCCCC)(c3cc4ccccc4cc31)C1(OCCCC)c3cc4ccccc4cc3C2(OCCCC)c2cc3ccccc3cc21. The second-order valence-corrected chi connectivity index (χ2v) is 18.5. The van der Waals surface area contributed by atoms with E-state index in [0.717, 1.165) is 139 Å². The van der Waals surface area contributed by atoms with Crippen molar-refractivity contribution in [1.82, 2.24) is 0 Å². The lowest BCUT2D eigenvalue weighted by atomic mass is 9.45. The molecule has 64 heavy (non-hydrogen) atoms. The molecule has 4 heteroatoms. The molecule has 0 saturated carbocycles. The maximum absolute atomic E-state index is 8.17. The van der Waals surface area contributed by atoms with Gasteiger partial charge in [0, 0.05) is 26.4 Å². The molecule has 0 spiro atoms. The lowest BCUT2D eigenvalue weighted by molar-refractivity contribution is -0.233. The fourth-order valence-corrected chi connectivity index (χ4v) is 11.9. The molecule has 8 aromatic rings. The van der Waals surface area contributed by atoms with Crippen molar-refractivity contribution in [3.8, 4) is 0 Å². The molecule has 0 aliphatic heterocycles. The number of rotatable bonds is 16. The standard InChI is InChI=1S/C60H60O4/c1-5-9-29-61-57-49-33-41-21-13-15-23-43(41)35-51(49)59(63-31-11-7-3,52-36-44-24-16-14-22-42(44)34-50(52)57)60(64-32-12-8-4)55-39-47-27-19-17-25-45(47)37-53(55)58(57,62-30-10-6-2)54-38-46-26-18-20-28-48(46)40-56(54)60/h13-28,33-40H,5-12,29-32H2,1-4H3. The van der Waals surface area contributed by atoms with Crippen LogP contribution >= 0.6 is 0 Å². The van der Waals surface area contributed by atoms with Crippen LogP contribution in [0, 0.1) is 0 Å². The van der Waals surface area contributed by atoms with Crippen LogP contribution in [0.4, 0.5) is 0 Å². The van der Waals surface area contributed by atoms with Gasteiger partial charge < -0.3 is 18.9 Å². The zero-order valence-corrected chi connectivity index (χ0v) is 38.0. The van der Waals surface area contributed by atoms with Crippen LogP contribution in [0.25, 0.3) is 43.1 Å². The van der Waals surface area contributed by atoms with Gasteiger partial charge in [-0.05, 0) is 162 Å². The minimum atomic E-state index is -1.18. The summed E-state index contributed by atoms with van der Waals surface area (Å²) in [4.78, 5) is 0. The number of unbranched alkanes of at least 4 members (excludes halogenated alkanes) is 4. The predicted molar refractivity (Wildman–Crippen MR) is 262 cm³/mol. The Balaban J connectivity index is 1.48.